The number of aromatic nitrogens is 2. The van der Waals surface area contributed by atoms with Gasteiger partial charge in [-0.2, -0.15) is 0 Å². The third-order valence-corrected chi connectivity index (χ3v) is 4.02. The molecule has 1 aliphatic rings. The number of nitrogens with one attached hydrogen (secondary N) is 1. The largest absolute Gasteiger partial charge is 0.424 e. The molecule has 2 rings (SSSR count). The van der Waals surface area contributed by atoms with Crippen LogP contribution in [0.4, 0.5) is 0 Å². The van der Waals surface area contributed by atoms with Crippen LogP contribution in [0.3, 0.4) is 0 Å². The van der Waals surface area contributed by atoms with E-state index in [1.165, 1.54) is 19.3 Å². The van der Waals surface area contributed by atoms with Crippen LogP contribution in [0.2, 0.25) is 0 Å². The Labute approximate surface area is 119 Å². The van der Waals surface area contributed by atoms with Gasteiger partial charge in [-0.1, -0.05) is 19.3 Å². The SMILES string of the molecule is Cc1nnc([C@H](C)N[C@@H](CC(N)=O)C2CCCCC2)o1. The molecule has 1 fully saturated rings. The van der Waals surface area contributed by atoms with E-state index in [4.69, 9.17) is 10.2 Å². The molecule has 1 heterocycles. The molecule has 1 saturated carbocycles. The summed E-state index contributed by atoms with van der Waals surface area (Å²) in [5.74, 6) is 1.36. The van der Waals surface area contributed by atoms with Gasteiger partial charge in [-0.05, 0) is 25.7 Å². The molecule has 6 heteroatoms. The van der Waals surface area contributed by atoms with Crippen molar-refractivity contribution in [2.24, 2.45) is 11.7 Å². The number of nitrogens with zero attached hydrogens (tertiary/aromatic N) is 2. The molecular formula is C14H24N4O2. The Morgan fingerprint density at radius 3 is 2.65 bits per heavy atom. The van der Waals surface area contributed by atoms with Gasteiger partial charge in [0, 0.05) is 19.4 Å². The van der Waals surface area contributed by atoms with Crippen LogP contribution in [-0.2, 0) is 4.79 Å². The molecule has 0 radical (unpaired) electrons. The van der Waals surface area contributed by atoms with E-state index < -0.39 is 0 Å². The van der Waals surface area contributed by atoms with E-state index in [9.17, 15) is 4.79 Å². The summed E-state index contributed by atoms with van der Waals surface area (Å²) in [7, 11) is 0. The lowest BCUT2D eigenvalue weighted by molar-refractivity contribution is -0.118. The fourth-order valence-corrected chi connectivity index (χ4v) is 2.99. The molecule has 3 N–H and O–H groups in total. The van der Waals surface area contributed by atoms with Crippen LogP contribution in [0.5, 0.6) is 0 Å². The minimum absolute atomic E-state index is 0.0672. The zero-order valence-corrected chi connectivity index (χ0v) is 12.3. The summed E-state index contributed by atoms with van der Waals surface area (Å²) in [6.07, 6.45) is 6.42. The lowest BCUT2D eigenvalue weighted by Crippen LogP contribution is -2.41. The summed E-state index contributed by atoms with van der Waals surface area (Å²) >= 11 is 0. The highest BCUT2D eigenvalue weighted by atomic mass is 16.4. The summed E-state index contributed by atoms with van der Waals surface area (Å²) < 4.78 is 5.44. The number of nitrogens with two attached hydrogens (primary N) is 1. The van der Waals surface area contributed by atoms with E-state index in [0.29, 0.717) is 24.1 Å². The van der Waals surface area contributed by atoms with E-state index in [0.717, 1.165) is 12.8 Å². The number of carbonyl (C=O) groups excluding carboxylic acids is 1. The third-order valence-electron chi connectivity index (χ3n) is 4.02. The van der Waals surface area contributed by atoms with Gasteiger partial charge in [-0.3, -0.25) is 4.79 Å². The second kappa shape index (κ2) is 6.83. The Kier molecular flexibility index (Phi) is 5.11. The van der Waals surface area contributed by atoms with Crippen LogP contribution < -0.4 is 11.1 Å². The Hall–Kier alpha value is -1.43. The molecule has 0 aromatic carbocycles. The zero-order chi connectivity index (χ0) is 14.5. The highest BCUT2D eigenvalue weighted by Gasteiger charge is 2.27. The fourth-order valence-electron chi connectivity index (χ4n) is 2.99. The number of primary amides is 1. The maximum atomic E-state index is 11.3. The molecule has 112 valence electrons. The van der Waals surface area contributed by atoms with Crippen molar-refractivity contribution in [2.45, 2.75) is 64.5 Å². The number of aryl methyl sites for hydroxylation is 1. The van der Waals surface area contributed by atoms with Gasteiger partial charge in [0.05, 0.1) is 6.04 Å². The van der Waals surface area contributed by atoms with Gasteiger partial charge < -0.3 is 15.5 Å². The summed E-state index contributed by atoms with van der Waals surface area (Å²) in [6.45, 7) is 3.75. The Balaban J connectivity index is 2.00. The van der Waals surface area contributed by atoms with Crippen LogP contribution >= 0.6 is 0 Å². The standard InChI is InChI=1S/C14H24N4O2/c1-9(14-18-17-10(2)20-14)16-12(8-13(15)19)11-6-4-3-5-7-11/h9,11-12,16H,3-8H2,1-2H3,(H2,15,19)/t9-,12-/m0/s1. The highest BCUT2D eigenvalue weighted by Crippen LogP contribution is 2.29. The predicted molar refractivity (Wildman–Crippen MR) is 74.8 cm³/mol. The molecule has 0 saturated heterocycles. The lowest BCUT2D eigenvalue weighted by Gasteiger charge is -2.31. The first kappa shape index (κ1) is 15.0. The maximum Gasteiger partial charge on any atom is 0.233 e. The van der Waals surface area contributed by atoms with Crippen molar-refractivity contribution in [3.8, 4) is 0 Å². The number of hydrogen-bond donors (Lipinski definition) is 2. The average Bonchev–Trinajstić information content (AvgIpc) is 2.85. The molecule has 1 aromatic rings. The summed E-state index contributed by atoms with van der Waals surface area (Å²) in [4.78, 5) is 11.3. The van der Waals surface area contributed by atoms with Crippen molar-refractivity contribution in [2.75, 3.05) is 0 Å². The topological polar surface area (TPSA) is 94.0 Å². The minimum atomic E-state index is -0.262. The molecule has 0 unspecified atom stereocenters. The molecule has 0 bridgehead atoms. The molecule has 1 amide bonds. The van der Waals surface area contributed by atoms with Crippen molar-refractivity contribution in [3.05, 3.63) is 11.8 Å². The number of carbonyl (C=O) groups is 1. The predicted octanol–water partition coefficient (Wildman–Crippen LogP) is 1.85. The molecule has 2 atom stereocenters. The van der Waals surface area contributed by atoms with Gasteiger partial charge in [-0.15, -0.1) is 10.2 Å². The van der Waals surface area contributed by atoms with E-state index in [-0.39, 0.29) is 18.0 Å². The van der Waals surface area contributed by atoms with Crippen LogP contribution in [-0.4, -0.2) is 22.1 Å². The lowest BCUT2D eigenvalue weighted by atomic mass is 9.82. The smallest absolute Gasteiger partial charge is 0.233 e. The van der Waals surface area contributed by atoms with Gasteiger partial charge in [-0.25, -0.2) is 0 Å². The number of rotatable bonds is 6. The summed E-state index contributed by atoms with van der Waals surface area (Å²) in [5.41, 5.74) is 5.39. The van der Waals surface area contributed by atoms with Crippen molar-refractivity contribution in [1.82, 2.24) is 15.5 Å². The van der Waals surface area contributed by atoms with Crippen molar-refractivity contribution in [1.29, 1.82) is 0 Å². The first-order chi connectivity index (χ1) is 9.56. The second-order valence-corrected chi connectivity index (χ2v) is 5.72. The van der Waals surface area contributed by atoms with Gasteiger partial charge in [0.25, 0.3) is 0 Å². The van der Waals surface area contributed by atoms with Crippen LogP contribution in [0.1, 0.15) is 63.3 Å². The van der Waals surface area contributed by atoms with Crippen LogP contribution in [0.25, 0.3) is 0 Å². The Bertz CT molecular complexity index is 440. The Morgan fingerprint density at radius 2 is 2.10 bits per heavy atom. The van der Waals surface area contributed by atoms with E-state index in [1.54, 1.807) is 6.92 Å². The number of amides is 1. The minimum Gasteiger partial charge on any atom is -0.424 e. The first-order valence-electron chi connectivity index (χ1n) is 7.40. The second-order valence-electron chi connectivity index (χ2n) is 5.72. The normalized spacial score (nSPS) is 19.7. The molecular weight excluding hydrogens is 256 g/mol. The van der Waals surface area contributed by atoms with Crippen LogP contribution in [0, 0.1) is 12.8 Å². The molecule has 1 aliphatic carbocycles. The zero-order valence-electron chi connectivity index (χ0n) is 12.3. The van der Waals surface area contributed by atoms with Crippen LogP contribution in [0.15, 0.2) is 4.42 Å². The van der Waals surface area contributed by atoms with Gasteiger partial charge in [0.15, 0.2) is 0 Å². The van der Waals surface area contributed by atoms with Crippen molar-refractivity contribution >= 4 is 5.91 Å². The van der Waals surface area contributed by atoms with E-state index >= 15 is 0 Å². The van der Waals surface area contributed by atoms with Crippen molar-refractivity contribution in [3.63, 3.8) is 0 Å². The molecule has 0 spiro atoms. The number of hydrogen-bond acceptors (Lipinski definition) is 5. The monoisotopic (exact) mass is 280 g/mol. The fraction of sp³-hybridized carbons (Fsp3) is 0.786. The van der Waals surface area contributed by atoms with Gasteiger partial charge in [0.2, 0.25) is 17.7 Å². The first-order valence-corrected chi connectivity index (χ1v) is 7.40. The van der Waals surface area contributed by atoms with Crippen molar-refractivity contribution < 1.29 is 9.21 Å². The third kappa shape index (κ3) is 4.03. The quantitative estimate of drug-likeness (QED) is 0.829. The van der Waals surface area contributed by atoms with E-state index in [2.05, 4.69) is 15.5 Å². The Morgan fingerprint density at radius 1 is 1.40 bits per heavy atom. The maximum absolute atomic E-state index is 11.3. The molecule has 0 aliphatic heterocycles. The summed E-state index contributed by atoms with van der Waals surface area (Å²) in [5, 5.41) is 11.3. The summed E-state index contributed by atoms with van der Waals surface area (Å²) in [6, 6.07) is 0.0254. The van der Waals surface area contributed by atoms with Gasteiger partial charge in [0.1, 0.15) is 0 Å². The van der Waals surface area contributed by atoms with E-state index in [1.807, 2.05) is 6.92 Å². The molecule has 1 aromatic heterocycles. The van der Waals surface area contributed by atoms with Gasteiger partial charge >= 0.3 is 0 Å². The average molecular weight is 280 g/mol. The molecule has 6 nitrogen and oxygen atoms in total. The highest BCUT2D eigenvalue weighted by molar-refractivity contribution is 5.74. The molecule has 20 heavy (non-hydrogen) atoms.